The standard InChI is InChI=1S/C26H32N5O4/c1-4-27-23-16-22(18-8-6-10-21(14-18)35-3)28-31(26(23)33)25-15-19(11-12-24(25)30(34)5-2)29-13-7-9-20(32)17-29/h6,8,10-12,14-16,20,27,32H,4-5,7,9,13,17H2,1-3H3/q+1. The molecule has 2 N–H and O–H groups in total. The summed E-state index contributed by atoms with van der Waals surface area (Å²) < 4.78 is 7.51. The normalized spacial score (nSPS) is 15.7. The molecule has 1 fully saturated rings. The fourth-order valence-electron chi connectivity index (χ4n) is 4.35. The van der Waals surface area contributed by atoms with Crippen LogP contribution < -0.4 is 20.5 Å². The van der Waals surface area contributed by atoms with Gasteiger partial charge in [0.1, 0.15) is 17.1 Å². The molecule has 1 unspecified atom stereocenters. The second-order valence-electron chi connectivity index (χ2n) is 8.53. The molecule has 9 nitrogen and oxygen atoms in total. The van der Waals surface area contributed by atoms with E-state index in [9.17, 15) is 14.8 Å². The number of anilines is 2. The van der Waals surface area contributed by atoms with E-state index < -0.39 is 6.10 Å². The van der Waals surface area contributed by atoms with Crippen molar-refractivity contribution in [2.45, 2.75) is 32.8 Å². The Labute approximate surface area is 204 Å². The molecule has 0 radical (unpaired) electrons. The molecule has 1 aliphatic rings. The summed E-state index contributed by atoms with van der Waals surface area (Å²) in [6, 6.07) is 14.6. The number of ether oxygens (including phenoxy) is 1. The molecule has 1 aromatic heterocycles. The minimum absolute atomic E-state index is 0.221. The summed E-state index contributed by atoms with van der Waals surface area (Å²) in [5.74, 6) is 0.676. The smallest absolute Gasteiger partial charge is 0.295 e. The van der Waals surface area contributed by atoms with E-state index in [1.165, 1.54) is 4.68 Å². The van der Waals surface area contributed by atoms with Crippen molar-refractivity contribution in [3.63, 3.8) is 0 Å². The first-order valence-electron chi connectivity index (χ1n) is 12.0. The van der Waals surface area contributed by atoms with E-state index >= 15 is 0 Å². The van der Waals surface area contributed by atoms with Gasteiger partial charge in [-0.25, -0.2) is 0 Å². The maximum atomic E-state index is 13.5. The van der Waals surface area contributed by atoms with E-state index in [1.807, 2.05) is 43.3 Å². The van der Waals surface area contributed by atoms with E-state index in [0.717, 1.165) is 35.4 Å². The molecule has 1 aliphatic heterocycles. The third-order valence-corrected chi connectivity index (χ3v) is 6.15. The Morgan fingerprint density at radius 3 is 2.74 bits per heavy atom. The second-order valence-corrected chi connectivity index (χ2v) is 8.53. The number of aliphatic hydroxyl groups excluding tert-OH is 1. The topological polar surface area (TPSA) is 99.7 Å². The maximum Gasteiger partial charge on any atom is 0.295 e. The maximum absolute atomic E-state index is 13.5. The summed E-state index contributed by atoms with van der Waals surface area (Å²) in [6.07, 6.45) is 1.23. The monoisotopic (exact) mass is 478 g/mol. The van der Waals surface area contributed by atoms with Crippen LogP contribution >= 0.6 is 0 Å². The number of nitroso groups, excluding NO2 is 1. The van der Waals surface area contributed by atoms with Crippen LogP contribution in [0.4, 0.5) is 17.1 Å². The van der Waals surface area contributed by atoms with Gasteiger partial charge in [-0.3, -0.25) is 4.79 Å². The lowest BCUT2D eigenvalue weighted by Gasteiger charge is -2.32. The number of aromatic nitrogens is 2. The first kappa shape index (κ1) is 24.4. The van der Waals surface area contributed by atoms with Gasteiger partial charge < -0.3 is 20.1 Å². The fraction of sp³-hybridized carbons (Fsp3) is 0.385. The molecule has 184 valence electrons. The van der Waals surface area contributed by atoms with Crippen LogP contribution in [-0.2, 0) is 0 Å². The molecule has 35 heavy (non-hydrogen) atoms. The van der Waals surface area contributed by atoms with Crippen LogP contribution in [0.3, 0.4) is 0 Å². The van der Waals surface area contributed by atoms with Gasteiger partial charge in [-0.2, -0.15) is 9.78 Å². The quantitative estimate of drug-likeness (QED) is 0.476. The predicted octanol–water partition coefficient (Wildman–Crippen LogP) is 3.73. The number of benzene rings is 2. The van der Waals surface area contributed by atoms with Crippen LogP contribution in [0.2, 0.25) is 0 Å². The number of piperidine rings is 1. The largest absolute Gasteiger partial charge is 0.497 e. The van der Waals surface area contributed by atoms with Crippen molar-refractivity contribution in [2.24, 2.45) is 0 Å². The van der Waals surface area contributed by atoms with Crippen molar-refractivity contribution in [2.75, 3.05) is 43.5 Å². The first-order chi connectivity index (χ1) is 16.9. The van der Waals surface area contributed by atoms with Gasteiger partial charge in [-0.1, -0.05) is 12.1 Å². The van der Waals surface area contributed by atoms with Crippen LogP contribution in [0.25, 0.3) is 16.9 Å². The van der Waals surface area contributed by atoms with Crippen molar-refractivity contribution < 1.29 is 14.6 Å². The van der Waals surface area contributed by atoms with Crippen LogP contribution in [-0.4, -0.2) is 59.0 Å². The van der Waals surface area contributed by atoms with E-state index in [1.54, 1.807) is 26.2 Å². The Bertz CT molecular complexity index is 1270. The SMILES string of the molecule is CCNc1cc(-c2cccc(OC)c2)nn(-c2cc(N3CCCC(O)C3)ccc2[N+](=O)CC)c1=O. The Morgan fingerprint density at radius 1 is 1.20 bits per heavy atom. The average Bonchev–Trinajstić information content (AvgIpc) is 2.89. The first-order valence-corrected chi connectivity index (χ1v) is 12.0. The number of hydrogen-bond donors (Lipinski definition) is 2. The summed E-state index contributed by atoms with van der Waals surface area (Å²) in [7, 11) is 1.60. The molecule has 1 atom stereocenters. The summed E-state index contributed by atoms with van der Waals surface area (Å²) >= 11 is 0. The number of nitrogens with zero attached hydrogens (tertiary/aromatic N) is 4. The van der Waals surface area contributed by atoms with Crippen molar-refractivity contribution in [1.82, 2.24) is 9.78 Å². The average molecular weight is 479 g/mol. The lowest BCUT2D eigenvalue weighted by atomic mass is 10.1. The minimum atomic E-state index is -0.406. The number of β-amino-alcohol motifs (C(OH)–C–C–N with tert-alkyl or cyclic N) is 1. The van der Waals surface area contributed by atoms with Crippen LogP contribution in [0, 0.1) is 4.91 Å². The third-order valence-electron chi connectivity index (χ3n) is 6.15. The van der Waals surface area contributed by atoms with Gasteiger partial charge in [-0.05, 0) is 57.0 Å². The number of methoxy groups -OCH3 is 1. The zero-order valence-corrected chi connectivity index (χ0v) is 20.4. The highest BCUT2D eigenvalue weighted by Crippen LogP contribution is 2.30. The van der Waals surface area contributed by atoms with E-state index in [2.05, 4.69) is 15.3 Å². The van der Waals surface area contributed by atoms with E-state index in [-0.39, 0.29) is 12.1 Å². The number of nitrogens with one attached hydrogen (secondary N) is 1. The Balaban J connectivity index is 1.92. The van der Waals surface area contributed by atoms with Crippen LogP contribution in [0.5, 0.6) is 5.75 Å². The Morgan fingerprint density at radius 2 is 2.03 bits per heavy atom. The molecule has 9 heteroatoms. The number of rotatable bonds is 8. The van der Waals surface area contributed by atoms with Gasteiger partial charge in [0, 0.05) is 46.6 Å². The van der Waals surface area contributed by atoms with Crippen LogP contribution in [0.15, 0.2) is 53.3 Å². The molecule has 2 aromatic carbocycles. The lowest BCUT2D eigenvalue weighted by molar-refractivity contribution is -0.458. The molecule has 0 aliphatic carbocycles. The molecular formula is C26H32N5O4+. The third kappa shape index (κ3) is 5.19. The number of hydrogen-bond acceptors (Lipinski definition) is 7. The molecule has 0 amide bonds. The molecule has 2 heterocycles. The molecule has 3 aromatic rings. The van der Waals surface area contributed by atoms with Gasteiger partial charge in [-0.15, -0.1) is 0 Å². The molecule has 0 spiro atoms. The van der Waals surface area contributed by atoms with E-state index in [0.29, 0.717) is 41.6 Å². The lowest BCUT2D eigenvalue weighted by Crippen LogP contribution is -2.38. The highest BCUT2D eigenvalue weighted by molar-refractivity contribution is 5.67. The van der Waals surface area contributed by atoms with Crippen molar-refractivity contribution in [1.29, 1.82) is 0 Å². The van der Waals surface area contributed by atoms with Gasteiger partial charge in [0.15, 0.2) is 6.54 Å². The van der Waals surface area contributed by atoms with Crippen molar-refractivity contribution >= 4 is 17.1 Å². The fourth-order valence-corrected chi connectivity index (χ4v) is 4.35. The Hall–Kier alpha value is -3.72. The highest BCUT2D eigenvalue weighted by Gasteiger charge is 2.25. The molecular weight excluding hydrogens is 446 g/mol. The van der Waals surface area contributed by atoms with Crippen molar-refractivity contribution in [3.05, 3.63) is 63.8 Å². The zero-order valence-electron chi connectivity index (χ0n) is 20.4. The molecule has 1 saturated heterocycles. The molecule has 0 saturated carbocycles. The summed E-state index contributed by atoms with van der Waals surface area (Å²) in [6.45, 7) is 5.75. The van der Waals surface area contributed by atoms with E-state index in [4.69, 9.17) is 4.74 Å². The number of aliphatic hydroxyl groups is 1. The van der Waals surface area contributed by atoms with Crippen molar-refractivity contribution in [3.8, 4) is 22.7 Å². The summed E-state index contributed by atoms with van der Waals surface area (Å²) in [4.78, 5) is 28.4. The zero-order chi connectivity index (χ0) is 24.9. The second kappa shape index (κ2) is 10.7. The summed E-state index contributed by atoms with van der Waals surface area (Å²) in [5.41, 5.74) is 2.97. The predicted molar refractivity (Wildman–Crippen MR) is 137 cm³/mol. The minimum Gasteiger partial charge on any atom is -0.497 e. The highest BCUT2D eigenvalue weighted by atomic mass is 16.5. The van der Waals surface area contributed by atoms with Crippen LogP contribution in [0.1, 0.15) is 26.7 Å². The van der Waals surface area contributed by atoms with Gasteiger partial charge >= 0.3 is 0 Å². The van der Waals surface area contributed by atoms with Gasteiger partial charge in [0.25, 0.3) is 11.2 Å². The van der Waals surface area contributed by atoms with Gasteiger partial charge in [0.2, 0.25) is 0 Å². The molecule has 0 bridgehead atoms. The van der Waals surface area contributed by atoms with Gasteiger partial charge in [0.05, 0.1) is 18.9 Å². The Kier molecular flexibility index (Phi) is 7.45. The summed E-state index contributed by atoms with van der Waals surface area (Å²) in [5, 5.41) is 18.0. The molecule has 4 rings (SSSR count).